The molecule has 0 aliphatic heterocycles. The molecule has 3 N–H and O–H groups in total. The molecule has 0 spiro atoms. The molecule has 7 nitrogen and oxygen atoms in total. The lowest BCUT2D eigenvalue weighted by Gasteiger charge is -2.16. The van der Waals surface area contributed by atoms with Crippen LogP contribution in [0.15, 0.2) is 63.7 Å². The molecule has 1 aromatic heterocycles. The Kier molecular flexibility index (Phi) is 9.78. The van der Waals surface area contributed by atoms with E-state index in [1.807, 2.05) is 13.0 Å². The smallest absolute Gasteiger partial charge is 0.294 e. The number of nitrogens with zero attached hydrogens (tertiary/aromatic N) is 1. The topological polar surface area (TPSA) is 116 Å². The van der Waals surface area contributed by atoms with Crippen molar-refractivity contribution in [3.8, 4) is 5.75 Å². The number of hydrogen-bond acceptors (Lipinski definition) is 6. The molecule has 9 heteroatoms. The van der Waals surface area contributed by atoms with Gasteiger partial charge in [-0.05, 0) is 49.4 Å². The minimum atomic E-state index is -4.02. The number of hydrogen-bond donors (Lipinski definition) is 2. The Balaban J connectivity index is 0.000000310. The predicted octanol–water partition coefficient (Wildman–Crippen LogP) is 5.63. The first kappa shape index (κ1) is 27.5. The van der Waals surface area contributed by atoms with Crippen molar-refractivity contribution in [2.75, 3.05) is 13.2 Å². The highest BCUT2D eigenvalue weighted by molar-refractivity contribution is 7.85. The number of oxazole rings is 1. The van der Waals surface area contributed by atoms with Crippen molar-refractivity contribution in [3.63, 3.8) is 0 Å². The van der Waals surface area contributed by atoms with E-state index in [0.717, 1.165) is 36.2 Å². The maximum atomic E-state index is 12.5. The number of nitrogens with two attached hydrogens (primary N) is 1. The monoisotopic (exact) mass is 492 g/mol. The molecule has 0 aliphatic rings. The second-order valence-electron chi connectivity index (χ2n) is 9.20. The summed E-state index contributed by atoms with van der Waals surface area (Å²) in [6.45, 7) is 8.79. The van der Waals surface area contributed by atoms with Crippen LogP contribution in [-0.4, -0.2) is 31.1 Å². The molecule has 0 radical (unpaired) electrons. The van der Waals surface area contributed by atoms with Gasteiger partial charge in [-0.25, -0.2) is 9.37 Å². The van der Waals surface area contributed by atoms with Crippen LogP contribution in [0.3, 0.4) is 0 Å². The Morgan fingerprint density at radius 2 is 1.88 bits per heavy atom. The van der Waals surface area contributed by atoms with Gasteiger partial charge in [0.1, 0.15) is 17.9 Å². The minimum absolute atomic E-state index is 0.0666. The van der Waals surface area contributed by atoms with Crippen LogP contribution in [0.4, 0.5) is 4.39 Å². The first-order chi connectivity index (χ1) is 15.9. The molecule has 0 saturated heterocycles. The molecule has 0 atom stereocenters. The largest absolute Gasteiger partial charge is 0.489 e. The fourth-order valence-electron chi connectivity index (χ4n) is 2.94. The van der Waals surface area contributed by atoms with Crippen molar-refractivity contribution in [2.45, 2.75) is 51.9 Å². The first-order valence-electron chi connectivity index (χ1n) is 11.0. The van der Waals surface area contributed by atoms with Crippen LogP contribution in [-0.2, 0) is 16.5 Å². The molecule has 2 aromatic carbocycles. The summed E-state index contributed by atoms with van der Waals surface area (Å²) in [5, 5.41) is 0. The average Bonchev–Trinajstić information content (AvgIpc) is 3.15. The van der Waals surface area contributed by atoms with E-state index in [-0.39, 0.29) is 18.0 Å². The first-order valence-corrected chi connectivity index (χ1v) is 12.4. The van der Waals surface area contributed by atoms with E-state index >= 15 is 0 Å². The number of benzene rings is 2. The Morgan fingerprint density at radius 1 is 1.21 bits per heavy atom. The van der Waals surface area contributed by atoms with Gasteiger partial charge in [-0.2, -0.15) is 8.42 Å². The zero-order valence-corrected chi connectivity index (χ0v) is 20.9. The summed E-state index contributed by atoms with van der Waals surface area (Å²) < 4.78 is 53.3. The standard InChI is InChI=1S/C18H25FN2O2.C7H8O3S/c1-18(2,3)8-4-5-17-21-15-7-6-14(9-16(15)23-17)22-12-13(10-19)11-20;1-6-2-4-7(5-3-6)11(8,9)10/h6-7,9-10H,4-5,8,11-12,20H2,1-3H3;2-5H,1H3,(H,8,9,10)/b13-10+;. The minimum Gasteiger partial charge on any atom is -0.489 e. The van der Waals surface area contributed by atoms with Gasteiger partial charge in [-0.1, -0.05) is 38.5 Å². The van der Waals surface area contributed by atoms with Crippen molar-refractivity contribution in [3.05, 3.63) is 65.8 Å². The maximum Gasteiger partial charge on any atom is 0.294 e. The summed E-state index contributed by atoms with van der Waals surface area (Å²) in [7, 11) is -4.02. The van der Waals surface area contributed by atoms with Gasteiger partial charge in [0.2, 0.25) is 0 Å². The molecule has 0 amide bonds. The van der Waals surface area contributed by atoms with E-state index in [1.54, 1.807) is 24.3 Å². The molecule has 1 heterocycles. The van der Waals surface area contributed by atoms with Crippen molar-refractivity contribution in [2.24, 2.45) is 11.1 Å². The highest BCUT2D eigenvalue weighted by Gasteiger charge is 2.12. The third kappa shape index (κ3) is 9.24. The van der Waals surface area contributed by atoms with E-state index in [4.69, 9.17) is 19.4 Å². The summed E-state index contributed by atoms with van der Waals surface area (Å²) >= 11 is 0. The van der Waals surface area contributed by atoms with Crippen molar-refractivity contribution in [1.29, 1.82) is 0 Å². The van der Waals surface area contributed by atoms with Gasteiger partial charge in [0.25, 0.3) is 10.1 Å². The summed E-state index contributed by atoms with van der Waals surface area (Å²) in [4.78, 5) is 4.42. The Labute approximate surface area is 200 Å². The number of ether oxygens (including phenoxy) is 1. The molecule has 3 rings (SSSR count). The normalized spacial score (nSPS) is 12.4. The average molecular weight is 493 g/mol. The van der Waals surface area contributed by atoms with Gasteiger partial charge in [0, 0.05) is 24.6 Å². The molecule has 0 aliphatic carbocycles. The fourth-order valence-corrected chi connectivity index (χ4v) is 3.42. The van der Waals surface area contributed by atoms with Crippen LogP contribution in [0.2, 0.25) is 0 Å². The SMILES string of the molecule is CC(C)(C)CCCc1nc2ccc(OC/C(=C/F)CN)cc2o1.Cc1ccc(S(=O)(=O)O)cc1. The molecule has 0 unspecified atom stereocenters. The van der Waals surface area contributed by atoms with Gasteiger partial charge in [0.05, 0.1) is 11.2 Å². The second-order valence-corrected chi connectivity index (χ2v) is 10.6. The van der Waals surface area contributed by atoms with E-state index in [2.05, 4.69) is 25.8 Å². The molecule has 186 valence electrons. The second kappa shape index (κ2) is 12.1. The molecule has 3 aromatic rings. The van der Waals surface area contributed by atoms with Gasteiger partial charge in [0.15, 0.2) is 11.5 Å². The van der Waals surface area contributed by atoms with Gasteiger partial charge < -0.3 is 14.9 Å². The van der Waals surface area contributed by atoms with Gasteiger partial charge in [-0.15, -0.1) is 0 Å². The van der Waals surface area contributed by atoms with E-state index in [0.29, 0.717) is 28.7 Å². The third-order valence-electron chi connectivity index (χ3n) is 4.88. The van der Waals surface area contributed by atoms with Crippen molar-refractivity contribution >= 4 is 21.2 Å². The molecular formula is C25H33FN2O5S. The zero-order chi connectivity index (χ0) is 25.4. The number of aryl methyl sites for hydroxylation is 2. The third-order valence-corrected chi connectivity index (χ3v) is 5.75. The molecule has 34 heavy (non-hydrogen) atoms. The maximum absolute atomic E-state index is 12.5. The number of fused-ring (bicyclic) bond motifs is 1. The van der Waals surface area contributed by atoms with E-state index in [1.165, 1.54) is 12.1 Å². The predicted molar refractivity (Wildman–Crippen MR) is 131 cm³/mol. The quantitative estimate of drug-likeness (QED) is 0.392. The van der Waals surface area contributed by atoms with Crippen LogP contribution in [0.1, 0.15) is 45.1 Å². The summed E-state index contributed by atoms with van der Waals surface area (Å²) in [6.07, 6.45) is 3.47. The molecular weight excluding hydrogens is 459 g/mol. The number of rotatable bonds is 8. The number of halogens is 1. The van der Waals surface area contributed by atoms with E-state index in [9.17, 15) is 12.8 Å². The molecule has 0 saturated carbocycles. The Morgan fingerprint density at radius 3 is 2.44 bits per heavy atom. The van der Waals surface area contributed by atoms with Crippen LogP contribution in [0.5, 0.6) is 5.75 Å². The van der Waals surface area contributed by atoms with Crippen LogP contribution >= 0.6 is 0 Å². The number of aromatic nitrogens is 1. The highest BCUT2D eigenvalue weighted by Crippen LogP contribution is 2.25. The molecule has 0 fully saturated rings. The van der Waals surface area contributed by atoms with Crippen molar-refractivity contribution in [1.82, 2.24) is 4.98 Å². The van der Waals surface area contributed by atoms with E-state index < -0.39 is 10.1 Å². The van der Waals surface area contributed by atoms with Crippen molar-refractivity contribution < 1.29 is 26.5 Å². The molecule has 0 bridgehead atoms. The van der Waals surface area contributed by atoms with Crippen LogP contribution < -0.4 is 10.5 Å². The lowest BCUT2D eigenvalue weighted by atomic mass is 9.90. The summed E-state index contributed by atoms with van der Waals surface area (Å²) in [5.41, 5.74) is 8.58. The fraction of sp³-hybridized carbons (Fsp3) is 0.400. The lowest BCUT2D eigenvalue weighted by molar-refractivity contribution is 0.347. The van der Waals surface area contributed by atoms with Gasteiger partial charge in [-0.3, -0.25) is 4.55 Å². The van der Waals surface area contributed by atoms with Crippen LogP contribution in [0, 0.1) is 12.3 Å². The Bertz CT molecular complexity index is 1200. The lowest BCUT2D eigenvalue weighted by Crippen LogP contribution is -2.10. The van der Waals surface area contributed by atoms with Gasteiger partial charge >= 0.3 is 0 Å². The summed E-state index contributed by atoms with van der Waals surface area (Å²) in [6, 6.07) is 11.4. The zero-order valence-electron chi connectivity index (χ0n) is 20.0. The Hall–Kier alpha value is -2.75. The summed E-state index contributed by atoms with van der Waals surface area (Å²) in [5.74, 6) is 1.36. The highest BCUT2D eigenvalue weighted by atomic mass is 32.2. The van der Waals surface area contributed by atoms with Crippen LogP contribution in [0.25, 0.3) is 11.1 Å².